The first kappa shape index (κ1) is 50.4. The molecule has 0 fully saturated rings. The number of nitrogens with one attached hydrogen (secondary N) is 1. The van der Waals surface area contributed by atoms with Crippen LogP contribution >= 0.6 is 7.82 Å². The van der Waals surface area contributed by atoms with Gasteiger partial charge in [-0.05, 0) is 51.4 Å². The van der Waals surface area contributed by atoms with Gasteiger partial charge in [0, 0.05) is 12.8 Å². The molecule has 0 aliphatic carbocycles. The average Bonchev–Trinajstić information content (AvgIpc) is 3.13. The Kier molecular flexibility index (Phi) is 34.7. The van der Waals surface area contributed by atoms with Gasteiger partial charge in [0.05, 0.1) is 13.2 Å². The van der Waals surface area contributed by atoms with E-state index in [2.05, 4.69) is 55.6 Å². The Hall–Kier alpha value is -2.56. The van der Waals surface area contributed by atoms with Crippen LogP contribution in [0.4, 0.5) is 0 Å². The van der Waals surface area contributed by atoms with Crippen LogP contribution in [0.3, 0.4) is 0 Å². The number of allylic oxidation sites excluding steroid dienone is 8. The Morgan fingerprint density at radius 3 is 1.58 bits per heavy atom. The number of aliphatic hydroxyl groups is 1. The van der Waals surface area contributed by atoms with Crippen LogP contribution in [-0.4, -0.2) is 64.9 Å². The van der Waals surface area contributed by atoms with Gasteiger partial charge in [0.25, 0.3) is 0 Å². The van der Waals surface area contributed by atoms with Crippen LogP contribution in [0.5, 0.6) is 0 Å². The molecule has 53 heavy (non-hydrogen) atoms. The molecule has 0 aliphatic heterocycles. The van der Waals surface area contributed by atoms with Crippen LogP contribution in [-0.2, 0) is 32.7 Å². The molecule has 11 nitrogen and oxygen atoms in total. The van der Waals surface area contributed by atoms with Gasteiger partial charge in [0.1, 0.15) is 12.7 Å². The molecule has 0 aromatic rings. The highest BCUT2D eigenvalue weighted by molar-refractivity contribution is 7.47. The zero-order valence-corrected chi connectivity index (χ0v) is 33.7. The molecule has 3 atom stereocenters. The molecule has 0 spiro atoms. The molecule has 0 aromatic carbocycles. The number of carboxylic acids is 1. The molecular weight excluding hydrogens is 697 g/mol. The highest BCUT2D eigenvalue weighted by Crippen LogP contribution is 2.43. The summed E-state index contributed by atoms with van der Waals surface area (Å²) in [6.45, 7) is 2.48. The van der Waals surface area contributed by atoms with Crippen molar-refractivity contribution in [3.8, 4) is 0 Å². The smallest absolute Gasteiger partial charge is 0.472 e. The Labute approximate surface area is 320 Å². The number of esters is 1. The van der Waals surface area contributed by atoms with E-state index in [9.17, 15) is 34.1 Å². The first-order valence-corrected chi connectivity index (χ1v) is 21.7. The second kappa shape index (κ2) is 36.4. The van der Waals surface area contributed by atoms with Gasteiger partial charge in [-0.3, -0.25) is 18.6 Å². The highest BCUT2D eigenvalue weighted by atomic mass is 31.2. The normalized spacial score (nSPS) is 14.3. The number of aliphatic hydroxyl groups excluding tert-OH is 1. The van der Waals surface area contributed by atoms with E-state index in [1.54, 1.807) is 0 Å². The van der Waals surface area contributed by atoms with E-state index in [1.807, 2.05) is 12.2 Å². The Morgan fingerprint density at radius 2 is 1.06 bits per heavy atom. The van der Waals surface area contributed by atoms with Gasteiger partial charge in [0.2, 0.25) is 5.91 Å². The van der Waals surface area contributed by atoms with Crippen molar-refractivity contribution in [2.45, 2.75) is 174 Å². The molecular formula is C41H72NO10P. The minimum atomic E-state index is -4.76. The summed E-state index contributed by atoms with van der Waals surface area (Å²) in [6.07, 6.45) is 38.6. The Morgan fingerprint density at radius 1 is 0.604 bits per heavy atom. The second-order valence-electron chi connectivity index (χ2n) is 13.5. The van der Waals surface area contributed by atoms with Gasteiger partial charge >= 0.3 is 19.8 Å². The maximum Gasteiger partial charge on any atom is 0.472 e. The molecule has 4 N–H and O–H groups in total. The fourth-order valence-corrected chi connectivity index (χ4v) is 5.96. The lowest BCUT2D eigenvalue weighted by Gasteiger charge is -2.18. The summed E-state index contributed by atoms with van der Waals surface area (Å²) in [5.74, 6) is -2.44. The number of hydrogen-bond acceptors (Lipinski definition) is 8. The van der Waals surface area contributed by atoms with Crippen molar-refractivity contribution in [1.82, 2.24) is 5.32 Å². The summed E-state index contributed by atoms with van der Waals surface area (Å²) in [7, 11) is -4.76. The van der Waals surface area contributed by atoms with Crippen LogP contribution in [0.2, 0.25) is 0 Å². The molecule has 0 aromatic heterocycles. The SMILES string of the molecule is CCCCC/C=C\C/C=C\C/C=C\C/C=C\CCCC(=O)OCC(O)COP(=O)(O)OCC(NC(=O)CCCCCCCCCCCCCC)C(=O)O. The van der Waals surface area contributed by atoms with Crippen LogP contribution in [0, 0.1) is 0 Å². The molecule has 1 amide bonds. The largest absolute Gasteiger partial charge is 0.480 e. The van der Waals surface area contributed by atoms with Crippen LogP contribution in [0.25, 0.3) is 0 Å². The summed E-state index contributed by atoms with van der Waals surface area (Å²) in [4.78, 5) is 45.7. The van der Waals surface area contributed by atoms with Crippen molar-refractivity contribution in [2.75, 3.05) is 19.8 Å². The fraction of sp³-hybridized carbons (Fsp3) is 0.732. The molecule has 0 saturated heterocycles. The van der Waals surface area contributed by atoms with Gasteiger partial charge in [-0.15, -0.1) is 0 Å². The molecule has 0 heterocycles. The summed E-state index contributed by atoms with van der Waals surface area (Å²) >= 11 is 0. The lowest BCUT2D eigenvalue weighted by molar-refractivity contribution is -0.147. The number of hydrogen-bond donors (Lipinski definition) is 4. The number of rotatable bonds is 37. The van der Waals surface area contributed by atoms with Crippen LogP contribution in [0.15, 0.2) is 48.6 Å². The minimum Gasteiger partial charge on any atom is -0.480 e. The molecule has 0 saturated carbocycles. The number of unbranched alkanes of at least 4 members (excludes halogenated alkanes) is 15. The summed E-state index contributed by atoms with van der Waals surface area (Å²) in [5, 5.41) is 21.7. The molecule has 0 radical (unpaired) electrons. The molecule has 0 rings (SSSR count). The lowest BCUT2D eigenvalue weighted by atomic mass is 10.0. The van der Waals surface area contributed by atoms with Gasteiger partial charge in [-0.25, -0.2) is 9.36 Å². The molecule has 0 bridgehead atoms. The number of carboxylic acid groups (broad SMARTS) is 1. The van der Waals surface area contributed by atoms with E-state index in [4.69, 9.17) is 13.8 Å². The zero-order chi connectivity index (χ0) is 39.3. The third-order valence-electron chi connectivity index (χ3n) is 8.37. The fourth-order valence-electron chi connectivity index (χ4n) is 5.19. The Balaban J connectivity index is 4.02. The quantitative estimate of drug-likeness (QED) is 0.0207. The summed E-state index contributed by atoms with van der Waals surface area (Å²) in [6, 6.07) is -1.55. The predicted molar refractivity (Wildman–Crippen MR) is 212 cm³/mol. The van der Waals surface area contributed by atoms with Crippen molar-refractivity contribution in [3.05, 3.63) is 48.6 Å². The first-order chi connectivity index (χ1) is 25.6. The monoisotopic (exact) mass is 769 g/mol. The van der Waals surface area contributed by atoms with E-state index in [1.165, 1.54) is 70.6 Å². The first-order valence-electron chi connectivity index (χ1n) is 20.2. The number of phosphoric acid groups is 1. The predicted octanol–water partition coefficient (Wildman–Crippen LogP) is 9.83. The number of amides is 1. The van der Waals surface area contributed by atoms with E-state index in [-0.39, 0.29) is 12.8 Å². The summed E-state index contributed by atoms with van der Waals surface area (Å²) < 4.78 is 26.7. The molecule has 0 aliphatic rings. The maximum absolute atomic E-state index is 12.2. The van der Waals surface area contributed by atoms with E-state index < -0.39 is 57.6 Å². The zero-order valence-electron chi connectivity index (χ0n) is 32.8. The molecule has 12 heteroatoms. The van der Waals surface area contributed by atoms with Crippen molar-refractivity contribution in [1.29, 1.82) is 0 Å². The number of ether oxygens (including phenoxy) is 1. The maximum atomic E-state index is 12.2. The number of aliphatic carboxylic acids is 1. The molecule has 3 unspecified atom stereocenters. The van der Waals surface area contributed by atoms with Gasteiger partial charge < -0.3 is 25.2 Å². The summed E-state index contributed by atoms with van der Waals surface area (Å²) in [5.41, 5.74) is 0. The van der Waals surface area contributed by atoms with Gasteiger partial charge in [0.15, 0.2) is 6.04 Å². The average molecular weight is 770 g/mol. The van der Waals surface area contributed by atoms with E-state index >= 15 is 0 Å². The number of carbonyl (C=O) groups excluding carboxylic acids is 2. The van der Waals surface area contributed by atoms with Crippen LogP contribution < -0.4 is 5.32 Å². The van der Waals surface area contributed by atoms with Gasteiger partial charge in [-0.1, -0.05) is 146 Å². The minimum absolute atomic E-state index is 0.143. The number of carbonyl (C=O) groups is 3. The Bertz CT molecular complexity index is 1090. The van der Waals surface area contributed by atoms with Crippen LogP contribution in [0.1, 0.15) is 162 Å². The van der Waals surface area contributed by atoms with Crippen molar-refractivity contribution in [3.63, 3.8) is 0 Å². The highest BCUT2D eigenvalue weighted by Gasteiger charge is 2.28. The van der Waals surface area contributed by atoms with E-state index in [0.29, 0.717) is 19.3 Å². The topological polar surface area (TPSA) is 169 Å². The standard InChI is InChI=1S/C41H72NO10P/c1-3-5-7-9-11-13-15-17-18-19-20-21-23-25-27-29-31-33-40(45)50-34-37(43)35-51-53(48,49)52-36-38(41(46)47)42-39(44)32-30-28-26-24-22-16-14-12-10-8-6-4-2/h11,13,17-18,20-21,25,27,37-38,43H,3-10,12,14-16,19,22-24,26,28-36H2,1-2H3,(H,42,44)(H,46,47)(H,48,49)/b13-11-,18-17-,21-20-,27-25-. The molecule has 306 valence electrons. The van der Waals surface area contributed by atoms with Crippen molar-refractivity contribution >= 4 is 25.7 Å². The third kappa shape index (κ3) is 36.2. The third-order valence-corrected chi connectivity index (χ3v) is 9.32. The van der Waals surface area contributed by atoms with Gasteiger partial charge in [-0.2, -0.15) is 0 Å². The number of phosphoric ester groups is 1. The second-order valence-corrected chi connectivity index (χ2v) is 14.9. The van der Waals surface area contributed by atoms with Crippen molar-refractivity contribution in [2.24, 2.45) is 0 Å². The van der Waals surface area contributed by atoms with E-state index in [0.717, 1.165) is 44.9 Å². The lowest BCUT2D eigenvalue weighted by Crippen LogP contribution is -2.43. The van der Waals surface area contributed by atoms with Crippen molar-refractivity contribution < 1.29 is 47.8 Å².